The Bertz CT molecular complexity index is 850. The smallest absolute Gasteiger partial charge is 0.254 e. The summed E-state index contributed by atoms with van der Waals surface area (Å²) in [6.07, 6.45) is -0.271. The molecule has 0 aliphatic carbocycles. The summed E-state index contributed by atoms with van der Waals surface area (Å²) in [5.74, 6) is -0.00380. The standard InChI is InChI=1S/C20H26N4O3/c1-22(2)19(25)13-24-9-10-27-18(12-24)17-11-15(20(26)23(3)4)14-7-5-6-8-16(14)21-17/h5-8,11,18H,9-10,12-13H2,1-4H3/t18-/m1/s1. The summed E-state index contributed by atoms with van der Waals surface area (Å²) in [4.78, 5) is 34.7. The van der Waals surface area contributed by atoms with Crippen LogP contribution < -0.4 is 0 Å². The van der Waals surface area contributed by atoms with Crippen molar-refractivity contribution in [3.8, 4) is 0 Å². The number of ether oxygens (including phenoxy) is 1. The maximum Gasteiger partial charge on any atom is 0.254 e. The largest absolute Gasteiger partial charge is 0.369 e. The summed E-state index contributed by atoms with van der Waals surface area (Å²) in [5.41, 5.74) is 2.11. The van der Waals surface area contributed by atoms with Gasteiger partial charge in [-0.15, -0.1) is 0 Å². The number of pyridine rings is 1. The monoisotopic (exact) mass is 370 g/mol. The van der Waals surface area contributed by atoms with Gasteiger partial charge < -0.3 is 14.5 Å². The fourth-order valence-corrected chi connectivity index (χ4v) is 3.14. The molecule has 0 N–H and O–H groups in total. The lowest BCUT2D eigenvalue weighted by atomic mass is 10.0. The molecule has 1 aliphatic rings. The first kappa shape index (κ1) is 19.3. The molecule has 27 heavy (non-hydrogen) atoms. The topological polar surface area (TPSA) is 66.0 Å². The molecule has 1 aromatic heterocycles. The fourth-order valence-electron chi connectivity index (χ4n) is 3.14. The molecule has 1 fully saturated rings. The van der Waals surface area contributed by atoms with Crippen molar-refractivity contribution in [3.63, 3.8) is 0 Å². The molecule has 2 heterocycles. The molecular formula is C20H26N4O3. The molecule has 0 radical (unpaired) electrons. The molecule has 144 valence electrons. The predicted octanol–water partition coefficient (Wildman–Crippen LogP) is 1.40. The van der Waals surface area contributed by atoms with Crippen molar-refractivity contribution in [1.82, 2.24) is 19.7 Å². The Hall–Kier alpha value is -2.51. The third-order valence-corrected chi connectivity index (χ3v) is 4.71. The highest BCUT2D eigenvalue weighted by Gasteiger charge is 2.26. The summed E-state index contributed by atoms with van der Waals surface area (Å²) < 4.78 is 5.93. The summed E-state index contributed by atoms with van der Waals surface area (Å²) in [6.45, 7) is 2.15. The molecule has 7 heteroatoms. The summed E-state index contributed by atoms with van der Waals surface area (Å²) in [6, 6.07) is 9.45. The normalized spacial score (nSPS) is 17.7. The number of hydrogen-bond acceptors (Lipinski definition) is 5. The van der Waals surface area contributed by atoms with Gasteiger partial charge in [-0.2, -0.15) is 0 Å². The Morgan fingerprint density at radius 2 is 1.93 bits per heavy atom. The Labute approximate surface area is 159 Å². The number of likely N-dealkylation sites (N-methyl/N-ethyl adjacent to an activating group) is 1. The minimum absolute atomic E-state index is 0.0607. The van der Waals surface area contributed by atoms with E-state index >= 15 is 0 Å². The number of rotatable bonds is 4. The number of hydrogen-bond donors (Lipinski definition) is 0. The highest BCUT2D eigenvalue weighted by Crippen LogP contribution is 2.26. The van der Waals surface area contributed by atoms with E-state index in [0.29, 0.717) is 31.8 Å². The third-order valence-electron chi connectivity index (χ3n) is 4.71. The van der Waals surface area contributed by atoms with Crippen LogP contribution in [0.1, 0.15) is 22.2 Å². The number of morpholine rings is 1. The van der Waals surface area contributed by atoms with Gasteiger partial charge in [0.2, 0.25) is 5.91 Å². The number of carbonyl (C=O) groups is 2. The lowest BCUT2D eigenvalue weighted by Gasteiger charge is -2.33. The second kappa shape index (κ2) is 8.02. The van der Waals surface area contributed by atoms with Crippen molar-refractivity contribution in [3.05, 3.63) is 41.6 Å². The Kier molecular flexibility index (Phi) is 5.72. The molecule has 3 rings (SSSR count). The van der Waals surface area contributed by atoms with Crippen LogP contribution in [0, 0.1) is 0 Å². The van der Waals surface area contributed by atoms with E-state index in [-0.39, 0.29) is 17.9 Å². The van der Waals surface area contributed by atoms with Crippen LogP contribution in [-0.4, -0.2) is 85.9 Å². The van der Waals surface area contributed by atoms with E-state index < -0.39 is 0 Å². The summed E-state index contributed by atoms with van der Waals surface area (Å²) in [7, 11) is 6.99. The minimum atomic E-state index is -0.271. The first-order chi connectivity index (χ1) is 12.9. The molecule has 0 spiro atoms. The Morgan fingerprint density at radius 3 is 2.63 bits per heavy atom. The van der Waals surface area contributed by atoms with Gasteiger partial charge in [0, 0.05) is 46.7 Å². The molecule has 0 saturated carbocycles. The highest BCUT2D eigenvalue weighted by molar-refractivity contribution is 6.06. The predicted molar refractivity (Wildman–Crippen MR) is 104 cm³/mol. The average molecular weight is 370 g/mol. The number of carbonyl (C=O) groups excluding carboxylic acids is 2. The van der Waals surface area contributed by atoms with E-state index in [1.807, 2.05) is 30.3 Å². The van der Waals surface area contributed by atoms with Crippen LogP contribution in [0.4, 0.5) is 0 Å². The molecule has 1 aromatic carbocycles. The molecule has 0 unspecified atom stereocenters. The maximum absolute atomic E-state index is 12.7. The van der Waals surface area contributed by atoms with E-state index in [0.717, 1.165) is 16.6 Å². The highest BCUT2D eigenvalue weighted by atomic mass is 16.5. The zero-order valence-corrected chi connectivity index (χ0v) is 16.3. The van der Waals surface area contributed by atoms with Crippen LogP contribution in [0.5, 0.6) is 0 Å². The number of nitrogens with zero attached hydrogens (tertiary/aromatic N) is 4. The van der Waals surface area contributed by atoms with Crippen LogP contribution in [0.15, 0.2) is 30.3 Å². The number of fused-ring (bicyclic) bond motifs is 1. The van der Waals surface area contributed by atoms with Gasteiger partial charge in [0.15, 0.2) is 0 Å². The van der Waals surface area contributed by atoms with Crippen LogP contribution in [0.3, 0.4) is 0 Å². The lowest BCUT2D eigenvalue weighted by molar-refractivity contribution is -0.132. The SMILES string of the molecule is CN(C)C(=O)CN1CCO[C@@H](c2cc(C(=O)N(C)C)c3ccccc3n2)C1. The van der Waals surface area contributed by atoms with Crippen molar-refractivity contribution in [1.29, 1.82) is 0 Å². The van der Waals surface area contributed by atoms with Gasteiger partial charge in [-0.3, -0.25) is 14.5 Å². The molecule has 1 aliphatic heterocycles. The molecule has 7 nitrogen and oxygen atoms in total. The van der Waals surface area contributed by atoms with Crippen LogP contribution >= 0.6 is 0 Å². The molecule has 2 aromatic rings. The zero-order chi connectivity index (χ0) is 19.6. The first-order valence-electron chi connectivity index (χ1n) is 9.02. The maximum atomic E-state index is 12.7. The van der Waals surface area contributed by atoms with Crippen molar-refractivity contribution < 1.29 is 14.3 Å². The quantitative estimate of drug-likeness (QED) is 0.814. The molecule has 2 amide bonds. The van der Waals surface area contributed by atoms with E-state index in [4.69, 9.17) is 9.72 Å². The second-order valence-corrected chi connectivity index (χ2v) is 7.19. The number of benzene rings is 1. The first-order valence-corrected chi connectivity index (χ1v) is 9.02. The third kappa shape index (κ3) is 4.26. The van der Waals surface area contributed by atoms with Crippen LogP contribution in [0.25, 0.3) is 10.9 Å². The average Bonchev–Trinajstić information content (AvgIpc) is 2.66. The van der Waals surface area contributed by atoms with Gasteiger partial charge in [0.05, 0.1) is 29.9 Å². The summed E-state index contributed by atoms with van der Waals surface area (Å²) in [5, 5.41) is 0.829. The van der Waals surface area contributed by atoms with Gasteiger partial charge in [-0.25, -0.2) is 4.98 Å². The van der Waals surface area contributed by atoms with Gasteiger partial charge in [-0.05, 0) is 12.1 Å². The van der Waals surface area contributed by atoms with E-state index in [1.165, 1.54) is 0 Å². The van der Waals surface area contributed by atoms with Crippen molar-refractivity contribution in [2.75, 3.05) is 54.4 Å². The van der Waals surface area contributed by atoms with Crippen LogP contribution in [0.2, 0.25) is 0 Å². The van der Waals surface area contributed by atoms with Crippen molar-refractivity contribution in [2.24, 2.45) is 0 Å². The summed E-state index contributed by atoms with van der Waals surface area (Å²) >= 11 is 0. The Balaban J connectivity index is 1.92. The zero-order valence-electron chi connectivity index (χ0n) is 16.3. The number of amides is 2. The minimum Gasteiger partial charge on any atom is -0.369 e. The lowest BCUT2D eigenvalue weighted by Crippen LogP contribution is -2.44. The molecule has 0 bridgehead atoms. The van der Waals surface area contributed by atoms with Gasteiger partial charge in [-0.1, -0.05) is 18.2 Å². The number of para-hydroxylation sites is 1. The van der Waals surface area contributed by atoms with Crippen LogP contribution in [-0.2, 0) is 9.53 Å². The van der Waals surface area contributed by atoms with Gasteiger partial charge in [0.25, 0.3) is 5.91 Å². The van der Waals surface area contributed by atoms with Gasteiger partial charge in [0.1, 0.15) is 6.10 Å². The molecule has 1 saturated heterocycles. The molecule has 1 atom stereocenters. The van der Waals surface area contributed by atoms with Gasteiger partial charge >= 0.3 is 0 Å². The van der Waals surface area contributed by atoms with Crippen molar-refractivity contribution >= 4 is 22.7 Å². The van der Waals surface area contributed by atoms with E-state index in [2.05, 4.69) is 4.90 Å². The Morgan fingerprint density at radius 1 is 1.19 bits per heavy atom. The van der Waals surface area contributed by atoms with E-state index in [9.17, 15) is 9.59 Å². The molecular weight excluding hydrogens is 344 g/mol. The van der Waals surface area contributed by atoms with E-state index in [1.54, 1.807) is 38.0 Å². The fraction of sp³-hybridized carbons (Fsp3) is 0.450. The second-order valence-electron chi connectivity index (χ2n) is 7.19. The van der Waals surface area contributed by atoms with Crippen molar-refractivity contribution in [2.45, 2.75) is 6.10 Å². The number of aromatic nitrogens is 1.